The number of para-hydroxylation sites is 1. The molecule has 0 aliphatic carbocycles. The van der Waals surface area contributed by atoms with Crippen LogP contribution < -0.4 is 10.2 Å². The number of carbonyl (C=O) groups is 1. The summed E-state index contributed by atoms with van der Waals surface area (Å²) in [5, 5.41) is 2.96. The van der Waals surface area contributed by atoms with Crippen molar-refractivity contribution in [2.75, 3.05) is 36.4 Å². The molecule has 0 saturated carbocycles. The molecular formula is C20H23F3N4O. The van der Waals surface area contributed by atoms with Crippen LogP contribution in [0.15, 0.2) is 42.6 Å². The number of nitrogens with one attached hydrogen (secondary N) is 1. The van der Waals surface area contributed by atoms with Gasteiger partial charge < -0.3 is 10.2 Å². The quantitative estimate of drug-likeness (QED) is 0.865. The molecule has 1 aromatic heterocycles. The van der Waals surface area contributed by atoms with Crippen LogP contribution in [0.25, 0.3) is 0 Å². The fourth-order valence-corrected chi connectivity index (χ4v) is 3.20. The third-order valence-electron chi connectivity index (χ3n) is 5.04. The van der Waals surface area contributed by atoms with Crippen LogP contribution in [-0.4, -0.2) is 48.0 Å². The van der Waals surface area contributed by atoms with E-state index in [1.54, 1.807) is 0 Å². The van der Waals surface area contributed by atoms with E-state index >= 15 is 0 Å². The molecule has 1 fully saturated rings. The summed E-state index contributed by atoms with van der Waals surface area (Å²) in [5.74, 6) is 0.445. The predicted molar refractivity (Wildman–Crippen MR) is 102 cm³/mol. The number of alkyl halides is 3. The summed E-state index contributed by atoms with van der Waals surface area (Å²) in [6, 6.07) is 9.75. The lowest BCUT2D eigenvalue weighted by atomic mass is 10.1. The molecule has 1 saturated heterocycles. The fraction of sp³-hybridized carbons (Fsp3) is 0.400. The van der Waals surface area contributed by atoms with Crippen molar-refractivity contribution in [1.82, 2.24) is 9.88 Å². The zero-order chi connectivity index (χ0) is 20.3. The number of anilines is 2. The van der Waals surface area contributed by atoms with Crippen molar-refractivity contribution in [2.24, 2.45) is 0 Å². The number of nitrogens with zero attached hydrogens (tertiary/aromatic N) is 3. The monoisotopic (exact) mass is 392 g/mol. The lowest BCUT2D eigenvalue weighted by Crippen LogP contribution is -2.53. The Morgan fingerprint density at radius 2 is 1.79 bits per heavy atom. The Morgan fingerprint density at radius 3 is 2.36 bits per heavy atom. The molecule has 1 aliphatic rings. The van der Waals surface area contributed by atoms with Crippen LogP contribution >= 0.6 is 0 Å². The van der Waals surface area contributed by atoms with Crippen molar-refractivity contribution in [3.05, 3.63) is 53.7 Å². The number of piperazine rings is 1. The fourth-order valence-electron chi connectivity index (χ4n) is 3.20. The largest absolute Gasteiger partial charge is 0.417 e. The Balaban J connectivity index is 1.56. The van der Waals surface area contributed by atoms with Gasteiger partial charge in [0.2, 0.25) is 5.91 Å². The van der Waals surface area contributed by atoms with Crippen LogP contribution in [-0.2, 0) is 11.0 Å². The maximum absolute atomic E-state index is 12.7. The molecule has 1 N–H and O–H groups in total. The molecule has 0 bridgehead atoms. The summed E-state index contributed by atoms with van der Waals surface area (Å²) in [7, 11) is 0. The van der Waals surface area contributed by atoms with E-state index in [1.807, 2.05) is 43.0 Å². The van der Waals surface area contributed by atoms with Crippen molar-refractivity contribution in [2.45, 2.75) is 26.1 Å². The smallest absolute Gasteiger partial charge is 0.354 e. The molecular weight excluding hydrogens is 369 g/mol. The summed E-state index contributed by atoms with van der Waals surface area (Å²) in [5.41, 5.74) is 1.05. The molecule has 2 heterocycles. The van der Waals surface area contributed by atoms with Crippen molar-refractivity contribution in [3.63, 3.8) is 0 Å². The second-order valence-corrected chi connectivity index (χ2v) is 6.91. The summed E-state index contributed by atoms with van der Waals surface area (Å²) in [6.07, 6.45) is -3.52. The van der Waals surface area contributed by atoms with Crippen LogP contribution in [0.2, 0.25) is 0 Å². The Morgan fingerprint density at radius 1 is 1.11 bits per heavy atom. The van der Waals surface area contributed by atoms with E-state index in [0.717, 1.165) is 23.5 Å². The molecule has 150 valence electrons. The number of amides is 1. The van der Waals surface area contributed by atoms with E-state index in [0.29, 0.717) is 32.0 Å². The van der Waals surface area contributed by atoms with Crippen molar-refractivity contribution < 1.29 is 18.0 Å². The van der Waals surface area contributed by atoms with Gasteiger partial charge in [0, 0.05) is 38.1 Å². The normalized spacial score (nSPS) is 16.7. The Labute approximate surface area is 162 Å². The van der Waals surface area contributed by atoms with E-state index in [2.05, 4.69) is 15.2 Å². The number of hydrogen-bond acceptors (Lipinski definition) is 4. The van der Waals surface area contributed by atoms with Gasteiger partial charge >= 0.3 is 6.18 Å². The van der Waals surface area contributed by atoms with Crippen LogP contribution in [0, 0.1) is 6.92 Å². The molecule has 5 nitrogen and oxygen atoms in total. The van der Waals surface area contributed by atoms with Gasteiger partial charge in [0.25, 0.3) is 0 Å². The first-order valence-corrected chi connectivity index (χ1v) is 9.14. The van der Waals surface area contributed by atoms with Gasteiger partial charge in [0.1, 0.15) is 5.82 Å². The summed E-state index contributed by atoms with van der Waals surface area (Å²) in [4.78, 5) is 20.5. The van der Waals surface area contributed by atoms with E-state index in [1.165, 1.54) is 6.07 Å². The Hall–Kier alpha value is -2.61. The van der Waals surface area contributed by atoms with E-state index in [9.17, 15) is 18.0 Å². The van der Waals surface area contributed by atoms with Gasteiger partial charge in [-0.2, -0.15) is 13.2 Å². The zero-order valence-electron chi connectivity index (χ0n) is 15.8. The van der Waals surface area contributed by atoms with Gasteiger partial charge in [-0.15, -0.1) is 0 Å². The summed E-state index contributed by atoms with van der Waals surface area (Å²) < 4.78 is 38.0. The molecule has 1 atom stereocenters. The van der Waals surface area contributed by atoms with Crippen LogP contribution in [0.3, 0.4) is 0 Å². The summed E-state index contributed by atoms with van der Waals surface area (Å²) >= 11 is 0. The van der Waals surface area contributed by atoms with Gasteiger partial charge in [-0.3, -0.25) is 9.69 Å². The van der Waals surface area contributed by atoms with Gasteiger partial charge in [-0.05, 0) is 37.6 Å². The number of rotatable bonds is 4. The standard InChI is InChI=1S/C20H23F3N4O/c1-14-5-3-4-6-17(14)25-19(28)15(2)26-9-11-27(12-10-26)18-8-7-16(13-24-18)20(21,22)23/h3-8,13,15H,9-12H2,1-2H3,(H,25,28)/t15-/m0/s1. The maximum atomic E-state index is 12.7. The minimum absolute atomic E-state index is 0.0737. The highest BCUT2D eigenvalue weighted by atomic mass is 19.4. The molecule has 1 amide bonds. The van der Waals surface area contributed by atoms with E-state index in [-0.39, 0.29) is 11.9 Å². The first kappa shape index (κ1) is 20.1. The third kappa shape index (κ3) is 4.62. The number of benzene rings is 1. The second kappa shape index (κ2) is 8.18. The average Bonchev–Trinajstić information content (AvgIpc) is 2.69. The highest BCUT2D eigenvalue weighted by molar-refractivity contribution is 5.95. The molecule has 1 aromatic carbocycles. The van der Waals surface area contributed by atoms with Gasteiger partial charge in [0.05, 0.1) is 11.6 Å². The molecule has 0 unspecified atom stereocenters. The molecule has 28 heavy (non-hydrogen) atoms. The van der Waals surface area contributed by atoms with Crippen LogP contribution in [0.5, 0.6) is 0 Å². The number of hydrogen-bond donors (Lipinski definition) is 1. The maximum Gasteiger partial charge on any atom is 0.417 e. The van der Waals surface area contributed by atoms with Crippen molar-refractivity contribution in [3.8, 4) is 0 Å². The lowest BCUT2D eigenvalue weighted by molar-refractivity contribution is -0.137. The predicted octanol–water partition coefficient (Wildman–Crippen LogP) is 3.56. The van der Waals surface area contributed by atoms with E-state index in [4.69, 9.17) is 0 Å². The highest BCUT2D eigenvalue weighted by Crippen LogP contribution is 2.29. The Bertz CT molecular complexity index is 815. The topological polar surface area (TPSA) is 48.5 Å². The zero-order valence-corrected chi connectivity index (χ0v) is 15.8. The molecule has 3 rings (SSSR count). The minimum atomic E-state index is -4.38. The highest BCUT2D eigenvalue weighted by Gasteiger charge is 2.31. The van der Waals surface area contributed by atoms with Crippen LogP contribution in [0.4, 0.5) is 24.7 Å². The number of aryl methyl sites for hydroxylation is 1. The van der Waals surface area contributed by atoms with Gasteiger partial charge in [-0.25, -0.2) is 4.98 Å². The average molecular weight is 392 g/mol. The first-order chi connectivity index (χ1) is 13.3. The Kier molecular flexibility index (Phi) is 5.88. The third-order valence-corrected chi connectivity index (χ3v) is 5.04. The van der Waals surface area contributed by atoms with E-state index < -0.39 is 11.7 Å². The minimum Gasteiger partial charge on any atom is -0.354 e. The van der Waals surface area contributed by atoms with Crippen molar-refractivity contribution >= 4 is 17.4 Å². The molecule has 8 heteroatoms. The number of pyridine rings is 1. The SMILES string of the molecule is Cc1ccccc1NC(=O)[C@H](C)N1CCN(c2ccc(C(F)(F)F)cn2)CC1. The second-order valence-electron chi connectivity index (χ2n) is 6.91. The molecule has 0 spiro atoms. The number of carbonyl (C=O) groups excluding carboxylic acids is 1. The first-order valence-electron chi connectivity index (χ1n) is 9.14. The molecule has 2 aromatic rings. The molecule has 0 radical (unpaired) electrons. The molecule has 1 aliphatic heterocycles. The van der Waals surface area contributed by atoms with Crippen LogP contribution in [0.1, 0.15) is 18.1 Å². The summed E-state index contributed by atoms with van der Waals surface area (Å²) in [6.45, 7) is 6.26. The van der Waals surface area contributed by atoms with Gasteiger partial charge in [0.15, 0.2) is 0 Å². The lowest BCUT2D eigenvalue weighted by Gasteiger charge is -2.38. The number of halogens is 3. The van der Waals surface area contributed by atoms with Crippen molar-refractivity contribution in [1.29, 1.82) is 0 Å². The van der Waals surface area contributed by atoms with Gasteiger partial charge in [-0.1, -0.05) is 18.2 Å². The number of aromatic nitrogens is 1.